The number of nitriles is 1. The summed E-state index contributed by atoms with van der Waals surface area (Å²) in [6.45, 7) is 1.16. The zero-order chi connectivity index (χ0) is 23.3. The van der Waals surface area contributed by atoms with E-state index in [1.54, 1.807) is 28.4 Å². The molecule has 3 aromatic rings. The molecule has 1 aromatic heterocycles. The molecule has 0 saturated carbocycles. The van der Waals surface area contributed by atoms with Crippen molar-refractivity contribution in [2.45, 2.75) is 10.9 Å². The van der Waals surface area contributed by atoms with Crippen LogP contribution in [0.25, 0.3) is 0 Å². The Hall–Kier alpha value is -3.03. The maximum atomic E-state index is 13.0. The molecule has 1 aliphatic heterocycles. The third-order valence-electron chi connectivity index (χ3n) is 5.63. The second-order valence-electron chi connectivity index (χ2n) is 7.63. The lowest BCUT2D eigenvalue weighted by Crippen LogP contribution is -2.52. The van der Waals surface area contributed by atoms with Gasteiger partial charge in [0.05, 0.1) is 23.0 Å². The van der Waals surface area contributed by atoms with Crippen LogP contribution in [0.4, 0.5) is 0 Å². The molecule has 0 radical (unpaired) electrons. The highest BCUT2D eigenvalue weighted by Crippen LogP contribution is 2.26. The van der Waals surface area contributed by atoms with E-state index in [0.29, 0.717) is 13.1 Å². The van der Waals surface area contributed by atoms with Crippen LogP contribution in [0.1, 0.15) is 22.0 Å². The summed E-state index contributed by atoms with van der Waals surface area (Å²) in [5.41, 5.74) is 1.21. The molecule has 1 saturated heterocycles. The van der Waals surface area contributed by atoms with Gasteiger partial charge in [0.2, 0.25) is 15.9 Å². The fourth-order valence-corrected chi connectivity index (χ4v) is 6.28. The van der Waals surface area contributed by atoms with E-state index in [2.05, 4.69) is 5.32 Å². The summed E-state index contributed by atoms with van der Waals surface area (Å²) in [7, 11) is -3.79. The molecule has 1 aliphatic rings. The Balaban J connectivity index is 1.38. The second-order valence-corrected chi connectivity index (χ2v) is 10.5. The highest BCUT2D eigenvalue weighted by Gasteiger charge is 2.31. The summed E-state index contributed by atoms with van der Waals surface area (Å²) in [5, 5.41) is 14.6. The van der Waals surface area contributed by atoms with Crippen molar-refractivity contribution in [3.05, 3.63) is 88.1 Å². The van der Waals surface area contributed by atoms with Crippen molar-refractivity contribution in [3.63, 3.8) is 0 Å². The van der Waals surface area contributed by atoms with Crippen molar-refractivity contribution in [2.24, 2.45) is 0 Å². The first-order chi connectivity index (χ1) is 16.0. The number of thiophene rings is 1. The van der Waals surface area contributed by atoms with Crippen molar-refractivity contribution >= 4 is 27.3 Å². The van der Waals surface area contributed by atoms with Crippen molar-refractivity contribution in [1.82, 2.24) is 14.5 Å². The molecule has 1 unspecified atom stereocenters. The van der Waals surface area contributed by atoms with Gasteiger partial charge < -0.3 is 4.90 Å². The van der Waals surface area contributed by atoms with Gasteiger partial charge >= 0.3 is 0 Å². The SMILES string of the molecule is N#Cc1ccccc1S(=O)(=O)N1CCN(C(=O)CNC(c2ccccc2)c2cccs2)CC1. The summed E-state index contributed by atoms with van der Waals surface area (Å²) in [6.07, 6.45) is 0. The number of nitrogens with zero attached hydrogens (tertiary/aromatic N) is 3. The average molecular weight is 481 g/mol. The van der Waals surface area contributed by atoms with Crippen molar-refractivity contribution in [2.75, 3.05) is 32.7 Å². The highest BCUT2D eigenvalue weighted by molar-refractivity contribution is 7.89. The molecule has 0 aliphatic carbocycles. The van der Waals surface area contributed by atoms with E-state index in [-0.39, 0.29) is 42.0 Å². The maximum Gasteiger partial charge on any atom is 0.244 e. The van der Waals surface area contributed by atoms with Gasteiger partial charge in [-0.15, -0.1) is 11.3 Å². The molecule has 1 amide bonds. The van der Waals surface area contributed by atoms with Crippen LogP contribution >= 0.6 is 11.3 Å². The number of hydrogen-bond acceptors (Lipinski definition) is 6. The van der Waals surface area contributed by atoms with Gasteiger partial charge in [0, 0.05) is 31.1 Å². The van der Waals surface area contributed by atoms with Gasteiger partial charge in [-0.25, -0.2) is 8.42 Å². The third-order valence-corrected chi connectivity index (χ3v) is 8.53. The molecule has 1 atom stereocenters. The van der Waals surface area contributed by atoms with Crippen molar-refractivity contribution < 1.29 is 13.2 Å². The van der Waals surface area contributed by atoms with E-state index in [1.165, 1.54) is 16.4 Å². The lowest BCUT2D eigenvalue weighted by molar-refractivity contribution is -0.131. The Morgan fingerprint density at radius 3 is 2.36 bits per heavy atom. The van der Waals surface area contributed by atoms with E-state index in [9.17, 15) is 18.5 Å². The first kappa shape index (κ1) is 23.1. The lowest BCUT2D eigenvalue weighted by atomic mass is 10.1. The molecular weight excluding hydrogens is 456 g/mol. The largest absolute Gasteiger partial charge is 0.339 e. The smallest absolute Gasteiger partial charge is 0.244 e. The van der Waals surface area contributed by atoms with E-state index >= 15 is 0 Å². The number of carbonyl (C=O) groups is 1. The van der Waals surface area contributed by atoms with Gasteiger partial charge in [0.1, 0.15) is 6.07 Å². The van der Waals surface area contributed by atoms with Gasteiger partial charge in [0.15, 0.2) is 0 Å². The zero-order valence-corrected chi connectivity index (χ0v) is 19.6. The Morgan fingerprint density at radius 2 is 1.70 bits per heavy atom. The number of piperazine rings is 1. The summed E-state index contributed by atoms with van der Waals surface area (Å²) in [5.74, 6) is -0.0676. The summed E-state index contributed by atoms with van der Waals surface area (Å²) in [4.78, 5) is 15.7. The molecule has 0 spiro atoms. The maximum absolute atomic E-state index is 13.0. The Labute approximate surface area is 197 Å². The first-order valence-electron chi connectivity index (χ1n) is 10.6. The topological polar surface area (TPSA) is 93.5 Å². The minimum Gasteiger partial charge on any atom is -0.339 e. The van der Waals surface area contributed by atoms with Crippen LogP contribution in [0.3, 0.4) is 0 Å². The van der Waals surface area contributed by atoms with Crippen LogP contribution in [-0.2, 0) is 14.8 Å². The van der Waals surface area contributed by atoms with Gasteiger partial charge in [-0.2, -0.15) is 9.57 Å². The minimum atomic E-state index is -3.79. The standard InChI is InChI=1S/C24H24N4O3S2/c25-17-20-9-4-5-11-22(20)33(30,31)28-14-12-27(13-15-28)23(29)18-26-24(21-10-6-16-32-21)19-7-2-1-3-8-19/h1-11,16,24,26H,12-15,18H2. The van der Waals surface area contributed by atoms with Gasteiger partial charge in [-0.05, 0) is 29.1 Å². The average Bonchev–Trinajstić information content (AvgIpc) is 3.39. The molecule has 9 heteroatoms. The van der Waals surface area contributed by atoms with Crippen LogP contribution in [0.5, 0.6) is 0 Å². The van der Waals surface area contributed by atoms with Crippen LogP contribution in [0.15, 0.2) is 77.0 Å². The van der Waals surface area contributed by atoms with Crippen molar-refractivity contribution in [3.8, 4) is 6.07 Å². The molecule has 2 heterocycles. The number of nitrogens with one attached hydrogen (secondary N) is 1. The van der Waals surface area contributed by atoms with Crippen LogP contribution < -0.4 is 5.32 Å². The Morgan fingerprint density at radius 1 is 1.00 bits per heavy atom. The molecule has 0 bridgehead atoms. The Kier molecular flexibility index (Phi) is 7.20. The minimum absolute atomic E-state index is 0.00981. The fourth-order valence-electron chi connectivity index (χ4n) is 3.89. The van der Waals surface area contributed by atoms with E-state index in [1.807, 2.05) is 53.9 Å². The molecule has 2 aromatic carbocycles. The molecule has 4 rings (SSSR count). The van der Waals surface area contributed by atoms with Crippen LogP contribution in [0.2, 0.25) is 0 Å². The van der Waals surface area contributed by atoms with Gasteiger partial charge in [-0.3, -0.25) is 10.1 Å². The number of amides is 1. The molecule has 33 heavy (non-hydrogen) atoms. The molecule has 7 nitrogen and oxygen atoms in total. The predicted octanol–water partition coefficient (Wildman–Crippen LogP) is 2.83. The van der Waals surface area contributed by atoms with Gasteiger partial charge in [0.25, 0.3) is 0 Å². The van der Waals surface area contributed by atoms with E-state index in [4.69, 9.17) is 0 Å². The summed E-state index contributed by atoms with van der Waals surface area (Å²) < 4.78 is 27.4. The third kappa shape index (κ3) is 5.15. The summed E-state index contributed by atoms with van der Waals surface area (Å²) >= 11 is 1.63. The normalized spacial score (nSPS) is 15.7. The number of rotatable bonds is 7. The number of benzene rings is 2. The van der Waals surface area contributed by atoms with Crippen molar-refractivity contribution in [1.29, 1.82) is 5.26 Å². The van der Waals surface area contributed by atoms with Crippen LogP contribution in [0, 0.1) is 11.3 Å². The number of hydrogen-bond donors (Lipinski definition) is 1. The fraction of sp³-hybridized carbons (Fsp3) is 0.250. The molecule has 1 N–H and O–H groups in total. The molecule has 1 fully saturated rings. The van der Waals surface area contributed by atoms with Crippen LogP contribution in [-0.4, -0.2) is 56.3 Å². The highest BCUT2D eigenvalue weighted by atomic mass is 32.2. The molecule has 170 valence electrons. The number of carbonyl (C=O) groups excluding carboxylic acids is 1. The predicted molar refractivity (Wildman–Crippen MR) is 127 cm³/mol. The monoisotopic (exact) mass is 480 g/mol. The zero-order valence-electron chi connectivity index (χ0n) is 17.9. The lowest BCUT2D eigenvalue weighted by Gasteiger charge is -2.34. The van der Waals surface area contributed by atoms with E-state index in [0.717, 1.165) is 10.4 Å². The quantitative estimate of drug-likeness (QED) is 0.561. The first-order valence-corrected chi connectivity index (χ1v) is 12.9. The summed E-state index contributed by atoms with van der Waals surface area (Å²) in [6, 6.07) is 22.1. The number of sulfonamides is 1. The van der Waals surface area contributed by atoms with Gasteiger partial charge in [-0.1, -0.05) is 48.5 Å². The Bertz CT molecular complexity index is 1230. The molecular formula is C24H24N4O3S2. The van der Waals surface area contributed by atoms with E-state index < -0.39 is 10.0 Å². The second kappa shape index (κ2) is 10.3.